The first kappa shape index (κ1) is 17.1. The Bertz CT molecular complexity index is 609. The zero-order chi connectivity index (χ0) is 17.0. The molecule has 0 aromatic heterocycles. The normalized spacial score (nSPS) is 18.4. The molecule has 0 saturated carbocycles. The molecular weight excluding hydrogens is 309 g/mol. The molecule has 1 saturated heterocycles. The first-order chi connectivity index (χ1) is 10.8. The molecule has 7 heteroatoms. The van der Waals surface area contributed by atoms with E-state index in [0.717, 1.165) is 11.8 Å². The van der Waals surface area contributed by atoms with Crippen molar-refractivity contribution in [3.05, 3.63) is 42.1 Å². The Balaban J connectivity index is 2.00. The molecule has 1 heterocycles. The second-order valence-electron chi connectivity index (χ2n) is 5.43. The molecule has 0 spiro atoms. The van der Waals surface area contributed by atoms with Gasteiger partial charge >= 0.3 is 6.18 Å². The number of carbonyl (C=O) groups excluding carboxylic acids is 2. The number of rotatable bonds is 4. The van der Waals surface area contributed by atoms with Gasteiger partial charge in [-0.1, -0.05) is 17.7 Å². The van der Waals surface area contributed by atoms with Crippen molar-refractivity contribution in [2.24, 2.45) is 0 Å². The summed E-state index contributed by atoms with van der Waals surface area (Å²) in [5, 5.41) is 2.74. The van der Waals surface area contributed by atoms with Gasteiger partial charge in [0.15, 0.2) is 0 Å². The highest BCUT2D eigenvalue weighted by molar-refractivity contribution is 5.96. The van der Waals surface area contributed by atoms with E-state index in [9.17, 15) is 22.8 Å². The fourth-order valence-corrected chi connectivity index (χ4v) is 2.37. The van der Waals surface area contributed by atoms with E-state index < -0.39 is 18.0 Å². The van der Waals surface area contributed by atoms with Gasteiger partial charge in [0.05, 0.1) is 0 Å². The van der Waals surface area contributed by atoms with Crippen molar-refractivity contribution >= 4 is 17.4 Å². The second-order valence-corrected chi connectivity index (χ2v) is 5.43. The quantitative estimate of drug-likeness (QED) is 0.865. The summed E-state index contributed by atoms with van der Waals surface area (Å²) in [6.07, 6.45) is -2.16. The van der Waals surface area contributed by atoms with Crippen molar-refractivity contribution in [1.82, 2.24) is 4.90 Å². The molecule has 2 rings (SSSR count). The number of carbonyl (C=O) groups is 2. The zero-order valence-corrected chi connectivity index (χ0v) is 12.6. The van der Waals surface area contributed by atoms with Gasteiger partial charge in [0.25, 0.3) is 5.78 Å². The minimum Gasteiger partial charge on any atom is -0.365 e. The van der Waals surface area contributed by atoms with Crippen LogP contribution in [-0.4, -0.2) is 35.4 Å². The van der Waals surface area contributed by atoms with Crippen LogP contribution in [0.15, 0.2) is 36.5 Å². The summed E-state index contributed by atoms with van der Waals surface area (Å²) in [7, 11) is 0. The van der Waals surface area contributed by atoms with Crippen molar-refractivity contribution in [1.29, 1.82) is 0 Å². The van der Waals surface area contributed by atoms with E-state index in [0.29, 0.717) is 31.1 Å². The molecule has 1 aliphatic heterocycles. The third-order valence-corrected chi connectivity index (χ3v) is 3.61. The van der Waals surface area contributed by atoms with Gasteiger partial charge in [-0.2, -0.15) is 13.2 Å². The number of halogens is 3. The molecule has 0 radical (unpaired) electrons. The van der Waals surface area contributed by atoms with Crippen LogP contribution in [0.4, 0.5) is 18.9 Å². The highest BCUT2D eigenvalue weighted by Crippen LogP contribution is 2.21. The molecule has 4 nitrogen and oxygen atoms in total. The molecule has 1 N–H and O–H groups in total. The number of allylic oxidation sites excluding steroid dienone is 1. The van der Waals surface area contributed by atoms with Crippen molar-refractivity contribution in [2.75, 3.05) is 11.9 Å². The number of amides is 1. The lowest BCUT2D eigenvalue weighted by Gasteiger charge is -2.22. The van der Waals surface area contributed by atoms with Gasteiger partial charge in [0.2, 0.25) is 5.91 Å². The van der Waals surface area contributed by atoms with Gasteiger partial charge in [0, 0.05) is 24.5 Å². The predicted octanol–water partition coefficient (Wildman–Crippen LogP) is 3.04. The van der Waals surface area contributed by atoms with Crippen LogP contribution in [0.25, 0.3) is 0 Å². The predicted molar refractivity (Wildman–Crippen MR) is 79.7 cm³/mol. The number of aryl methyl sites for hydroxylation is 1. The van der Waals surface area contributed by atoms with Gasteiger partial charge in [-0.15, -0.1) is 0 Å². The number of alkyl halides is 3. The minimum atomic E-state index is -4.89. The molecule has 0 bridgehead atoms. The number of benzene rings is 1. The number of likely N-dealkylation sites (tertiary alicyclic amines) is 1. The molecule has 1 atom stereocenters. The lowest BCUT2D eigenvalue weighted by molar-refractivity contribution is -0.165. The summed E-state index contributed by atoms with van der Waals surface area (Å²) in [5.74, 6) is -2.22. The largest absolute Gasteiger partial charge is 0.454 e. The smallest absolute Gasteiger partial charge is 0.365 e. The van der Waals surface area contributed by atoms with Gasteiger partial charge < -0.3 is 10.2 Å². The van der Waals surface area contributed by atoms with Crippen LogP contribution in [0, 0.1) is 6.92 Å². The van der Waals surface area contributed by atoms with E-state index >= 15 is 0 Å². The first-order valence-electron chi connectivity index (χ1n) is 7.20. The first-order valence-corrected chi connectivity index (χ1v) is 7.20. The molecular formula is C16H17F3N2O2. The molecule has 0 aliphatic carbocycles. The molecule has 1 amide bonds. The lowest BCUT2D eigenvalue weighted by Crippen LogP contribution is -2.36. The van der Waals surface area contributed by atoms with Crippen molar-refractivity contribution in [3.8, 4) is 0 Å². The van der Waals surface area contributed by atoms with Gasteiger partial charge in [-0.3, -0.25) is 9.59 Å². The highest BCUT2D eigenvalue weighted by atomic mass is 19.4. The van der Waals surface area contributed by atoms with E-state index in [1.807, 2.05) is 19.1 Å². The number of hydrogen-bond acceptors (Lipinski definition) is 3. The van der Waals surface area contributed by atoms with Crippen molar-refractivity contribution in [3.63, 3.8) is 0 Å². The van der Waals surface area contributed by atoms with Crippen LogP contribution in [-0.2, 0) is 9.59 Å². The van der Waals surface area contributed by atoms with Crippen LogP contribution in [0.3, 0.4) is 0 Å². The number of anilines is 1. The van der Waals surface area contributed by atoms with Crippen molar-refractivity contribution in [2.45, 2.75) is 32.0 Å². The maximum atomic E-state index is 12.3. The van der Waals surface area contributed by atoms with E-state index in [1.165, 1.54) is 4.90 Å². The second kappa shape index (κ2) is 6.85. The number of nitrogens with zero attached hydrogens (tertiary/aromatic N) is 1. The average Bonchev–Trinajstić information content (AvgIpc) is 2.94. The van der Waals surface area contributed by atoms with Crippen LogP contribution in [0.1, 0.15) is 18.4 Å². The van der Waals surface area contributed by atoms with Crippen LogP contribution in [0.2, 0.25) is 0 Å². The highest BCUT2D eigenvalue weighted by Gasteiger charge is 2.37. The topological polar surface area (TPSA) is 49.4 Å². The zero-order valence-electron chi connectivity index (χ0n) is 12.6. The Morgan fingerprint density at radius 2 is 1.91 bits per heavy atom. The molecule has 0 unspecified atom stereocenters. The monoisotopic (exact) mass is 326 g/mol. The summed E-state index contributed by atoms with van der Waals surface area (Å²) in [6.45, 7) is 2.36. The summed E-state index contributed by atoms with van der Waals surface area (Å²) in [4.78, 5) is 24.6. The Labute approximate surface area is 132 Å². The summed E-state index contributed by atoms with van der Waals surface area (Å²) >= 11 is 0. The molecule has 1 aliphatic rings. The number of ketones is 1. The van der Waals surface area contributed by atoms with Gasteiger partial charge in [-0.05, 0) is 31.9 Å². The van der Waals surface area contributed by atoms with Gasteiger partial charge in [-0.25, -0.2) is 0 Å². The SMILES string of the molecule is Cc1ccc(NC(=O)[C@@H]2CCCN2/C=C/C(=O)C(F)(F)F)cc1. The summed E-state index contributed by atoms with van der Waals surface area (Å²) < 4.78 is 36.6. The fourth-order valence-electron chi connectivity index (χ4n) is 2.37. The van der Waals surface area contributed by atoms with E-state index in [1.54, 1.807) is 12.1 Å². The third-order valence-electron chi connectivity index (χ3n) is 3.61. The molecule has 1 aromatic rings. The van der Waals surface area contributed by atoms with Crippen LogP contribution >= 0.6 is 0 Å². The Kier molecular flexibility index (Phi) is 5.08. The van der Waals surface area contributed by atoms with E-state index in [-0.39, 0.29) is 5.91 Å². The maximum Gasteiger partial charge on any atom is 0.454 e. The van der Waals surface area contributed by atoms with Crippen LogP contribution in [0.5, 0.6) is 0 Å². The van der Waals surface area contributed by atoms with Crippen molar-refractivity contribution < 1.29 is 22.8 Å². The summed E-state index contributed by atoms with van der Waals surface area (Å²) in [5.41, 5.74) is 1.68. The fraction of sp³-hybridized carbons (Fsp3) is 0.375. The Morgan fingerprint density at radius 1 is 1.26 bits per heavy atom. The lowest BCUT2D eigenvalue weighted by atomic mass is 10.2. The molecule has 1 fully saturated rings. The minimum absolute atomic E-state index is 0.296. The number of nitrogens with one attached hydrogen (secondary N) is 1. The van der Waals surface area contributed by atoms with E-state index in [4.69, 9.17) is 0 Å². The maximum absolute atomic E-state index is 12.3. The third kappa shape index (κ3) is 4.58. The Morgan fingerprint density at radius 3 is 2.52 bits per heavy atom. The van der Waals surface area contributed by atoms with Gasteiger partial charge in [0.1, 0.15) is 6.04 Å². The Hall–Kier alpha value is -2.31. The van der Waals surface area contributed by atoms with E-state index in [2.05, 4.69) is 5.32 Å². The summed E-state index contributed by atoms with van der Waals surface area (Å²) in [6, 6.07) is 6.65. The molecule has 1 aromatic carbocycles. The molecule has 124 valence electrons. The standard InChI is InChI=1S/C16H17F3N2O2/c1-11-4-6-12(7-5-11)20-15(23)13-3-2-9-21(13)10-8-14(22)16(17,18)19/h4-8,10,13H,2-3,9H2,1H3,(H,20,23)/b10-8+/t13-/m0/s1. The van der Waals surface area contributed by atoms with Crippen LogP contribution < -0.4 is 5.32 Å². The molecule has 23 heavy (non-hydrogen) atoms. The average molecular weight is 326 g/mol. The number of hydrogen-bond donors (Lipinski definition) is 1.